The van der Waals surface area contributed by atoms with Gasteiger partial charge in [0.05, 0.1) is 18.9 Å². The van der Waals surface area contributed by atoms with Gasteiger partial charge in [0.15, 0.2) is 6.10 Å². The minimum absolute atomic E-state index is 0.0813. The number of hydrogen-bond donors (Lipinski definition) is 0. The molecule has 3 aliphatic rings. The number of anilines is 1. The summed E-state index contributed by atoms with van der Waals surface area (Å²) in [7, 11) is 0. The number of pyridine rings is 1. The van der Waals surface area contributed by atoms with Crippen LogP contribution in [-0.4, -0.2) is 66.5 Å². The van der Waals surface area contributed by atoms with Crippen molar-refractivity contribution in [3.8, 4) is 0 Å². The third-order valence-electron chi connectivity index (χ3n) is 6.00. The number of piperazine rings is 1. The standard InChI is InChI=1S/C23H28N4O3S/c1-23(2,3)20-12-25-21(31-20)15-10-17-18(11-15)24-5-4-19(17)26-6-8-27(9-7-26)22(28)30-16-13-29-14-16/h4-5,10,12,16H,6-9,11,13-14H2,1-3H3. The van der Waals surface area contributed by atoms with Crippen LogP contribution >= 0.6 is 11.3 Å². The summed E-state index contributed by atoms with van der Waals surface area (Å²) in [5, 5.41) is 1.08. The molecule has 2 aliphatic heterocycles. The first kappa shape index (κ1) is 20.5. The molecule has 1 aliphatic carbocycles. The summed E-state index contributed by atoms with van der Waals surface area (Å²) in [5.41, 5.74) is 4.82. The summed E-state index contributed by atoms with van der Waals surface area (Å²) in [4.78, 5) is 27.1. The molecule has 0 spiro atoms. The molecule has 2 aromatic heterocycles. The fourth-order valence-electron chi connectivity index (χ4n) is 4.02. The minimum atomic E-state index is -0.228. The van der Waals surface area contributed by atoms with E-state index < -0.39 is 0 Å². The van der Waals surface area contributed by atoms with Gasteiger partial charge in [0.25, 0.3) is 0 Å². The molecule has 0 N–H and O–H groups in total. The normalized spacial score (nSPS) is 19.1. The van der Waals surface area contributed by atoms with E-state index in [1.807, 2.05) is 12.4 Å². The molecule has 0 bridgehead atoms. The van der Waals surface area contributed by atoms with E-state index in [9.17, 15) is 4.79 Å². The maximum atomic E-state index is 12.3. The van der Waals surface area contributed by atoms with Crippen molar-refractivity contribution in [2.75, 3.05) is 44.3 Å². The second kappa shape index (κ2) is 7.91. The van der Waals surface area contributed by atoms with Crippen LogP contribution in [0.4, 0.5) is 10.5 Å². The van der Waals surface area contributed by atoms with Gasteiger partial charge in [-0.2, -0.15) is 0 Å². The number of rotatable bonds is 3. The van der Waals surface area contributed by atoms with Gasteiger partial charge in [-0.25, -0.2) is 9.78 Å². The first-order valence-corrected chi connectivity index (χ1v) is 11.6. The van der Waals surface area contributed by atoms with E-state index >= 15 is 0 Å². The first-order valence-electron chi connectivity index (χ1n) is 10.8. The summed E-state index contributed by atoms with van der Waals surface area (Å²) < 4.78 is 10.5. The highest BCUT2D eigenvalue weighted by Crippen LogP contribution is 2.39. The van der Waals surface area contributed by atoms with E-state index in [0.717, 1.165) is 30.2 Å². The molecule has 0 atom stereocenters. The molecule has 31 heavy (non-hydrogen) atoms. The Balaban J connectivity index is 1.29. The zero-order chi connectivity index (χ0) is 21.6. The van der Waals surface area contributed by atoms with Crippen molar-refractivity contribution in [3.05, 3.63) is 39.6 Å². The van der Waals surface area contributed by atoms with Gasteiger partial charge in [-0.05, 0) is 23.1 Å². The molecule has 0 unspecified atom stereocenters. The number of carbonyl (C=O) groups excluding carboxylic acids is 1. The van der Waals surface area contributed by atoms with Crippen LogP contribution in [0.3, 0.4) is 0 Å². The highest BCUT2D eigenvalue weighted by Gasteiger charge is 2.30. The summed E-state index contributed by atoms with van der Waals surface area (Å²) >= 11 is 1.78. The largest absolute Gasteiger partial charge is 0.441 e. The summed E-state index contributed by atoms with van der Waals surface area (Å²) in [6.45, 7) is 10.6. The molecule has 4 heterocycles. The van der Waals surface area contributed by atoms with Crippen LogP contribution in [0.25, 0.3) is 11.6 Å². The van der Waals surface area contributed by atoms with Gasteiger partial charge in [-0.1, -0.05) is 20.8 Å². The number of amides is 1. The van der Waals surface area contributed by atoms with Crippen LogP contribution in [0.15, 0.2) is 18.5 Å². The molecule has 7 nitrogen and oxygen atoms in total. The van der Waals surface area contributed by atoms with E-state index in [1.165, 1.54) is 21.7 Å². The maximum absolute atomic E-state index is 12.3. The monoisotopic (exact) mass is 440 g/mol. The average Bonchev–Trinajstić information content (AvgIpc) is 3.37. The van der Waals surface area contributed by atoms with Gasteiger partial charge in [-0.3, -0.25) is 4.98 Å². The number of ether oxygens (including phenoxy) is 2. The molecule has 1 amide bonds. The molecule has 2 fully saturated rings. The molecule has 2 aromatic rings. The second-order valence-electron chi connectivity index (χ2n) is 9.33. The van der Waals surface area contributed by atoms with Crippen molar-refractivity contribution in [1.29, 1.82) is 0 Å². The van der Waals surface area contributed by atoms with Gasteiger partial charge in [0.1, 0.15) is 5.01 Å². The third-order valence-corrected chi connectivity index (χ3v) is 7.50. The quantitative estimate of drug-likeness (QED) is 0.727. The second-order valence-corrected chi connectivity index (χ2v) is 10.4. The van der Waals surface area contributed by atoms with Crippen molar-refractivity contribution in [2.24, 2.45) is 0 Å². The van der Waals surface area contributed by atoms with Crippen molar-refractivity contribution in [3.63, 3.8) is 0 Å². The van der Waals surface area contributed by atoms with Crippen LogP contribution in [0.5, 0.6) is 0 Å². The van der Waals surface area contributed by atoms with Crippen molar-refractivity contribution < 1.29 is 14.3 Å². The van der Waals surface area contributed by atoms with Crippen LogP contribution in [-0.2, 0) is 21.3 Å². The molecule has 5 rings (SSSR count). The van der Waals surface area contributed by atoms with Crippen molar-refractivity contribution in [2.45, 2.75) is 38.7 Å². The number of aromatic nitrogens is 2. The third kappa shape index (κ3) is 4.06. The number of allylic oxidation sites excluding steroid dienone is 1. The molecule has 2 saturated heterocycles. The van der Waals surface area contributed by atoms with Crippen LogP contribution in [0.1, 0.15) is 41.9 Å². The van der Waals surface area contributed by atoms with Gasteiger partial charge in [0, 0.05) is 61.1 Å². The molecule has 164 valence electrons. The zero-order valence-electron chi connectivity index (χ0n) is 18.3. The Morgan fingerprint density at radius 2 is 1.97 bits per heavy atom. The predicted molar refractivity (Wildman–Crippen MR) is 122 cm³/mol. The Kier molecular flexibility index (Phi) is 5.22. The van der Waals surface area contributed by atoms with E-state index in [1.54, 1.807) is 16.2 Å². The topological polar surface area (TPSA) is 67.8 Å². The lowest BCUT2D eigenvalue weighted by Gasteiger charge is -2.37. The summed E-state index contributed by atoms with van der Waals surface area (Å²) in [5.74, 6) is 0. The van der Waals surface area contributed by atoms with E-state index in [-0.39, 0.29) is 17.6 Å². The number of hydrogen-bond acceptors (Lipinski definition) is 7. The van der Waals surface area contributed by atoms with Gasteiger partial charge >= 0.3 is 6.09 Å². The van der Waals surface area contributed by atoms with Gasteiger partial charge < -0.3 is 19.3 Å². The number of nitrogens with zero attached hydrogens (tertiary/aromatic N) is 4. The molecular formula is C23H28N4O3S. The number of carbonyl (C=O) groups is 1. The first-order chi connectivity index (χ1) is 14.9. The fourth-order valence-corrected chi connectivity index (χ4v) is 5.01. The molecule has 0 radical (unpaired) electrons. The Bertz CT molecular complexity index is 1010. The Morgan fingerprint density at radius 1 is 1.19 bits per heavy atom. The van der Waals surface area contributed by atoms with Crippen molar-refractivity contribution in [1.82, 2.24) is 14.9 Å². The Hall–Kier alpha value is -2.45. The number of thiazole rings is 1. The fraction of sp³-hybridized carbons (Fsp3) is 0.522. The van der Waals surface area contributed by atoms with Crippen molar-refractivity contribution >= 4 is 34.8 Å². The average molecular weight is 441 g/mol. The van der Waals surface area contributed by atoms with Crippen LogP contribution < -0.4 is 4.90 Å². The SMILES string of the molecule is CC(C)(C)c1cnc(C2=Cc3c(N4CCN(C(=O)OC5COC5)CC4)ccnc3C2)s1. The van der Waals surface area contributed by atoms with E-state index in [2.05, 4.69) is 42.8 Å². The smallest absolute Gasteiger partial charge is 0.410 e. The highest BCUT2D eigenvalue weighted by molar-refractivity contribution is 7.12. The lowest BCUT2D eigenvalue weighted by atomic mass is 9.96. The maximum Gasteiger partial charge on any atom is 0.410 e. The minimum Gasteiger partial charge on any atom is -0.441 e. The molecule has 8 heteroatoms. The zero-order valence-corrected chi connectivity index (χ0v) is 19.1. The van der Waals surface area contributed by atoms with Crippen LogP contribution in [0, 0.1) is 0 Å². The summed E-state index contributed by atoms with van der Waals surface area (Å²) in [6.07, 6.45) is 6.66. The lowest BCUT2D eigenvalue weighted by molar-refractivity contribution is -0.104. The van der Waals surface area contributed by atoms with Gasteiger partial charge in [-0.15, -0.1) is 11.3 Å². The molecule has 0 saturated carbocycles. The van der Waals surface area contributed by atoms with Gasteiger partial charge in [0.2, 0.25) is 0 Å². The highest BCUT2D eigenvalue weighted by atomic mass is 32.1. The summed E-state index contributed by atoms with van der Waals surface area (Å²) in [6, 6.07) is 2.08. The lowest BCUT2D eigenvalue weighted by Crippen LogP contribution is -2.51. The van der Waals surface area contributed by atoms with Crippen LogP contribution in [0.2, 0.25) is 0 Å². The van der Waals surface area contributed by atoms with E-state index in [4.69, 9.17) is 14.5 Å². The predicted octanol–water partition coefficient (Wildman–Crippen LogP) is 3.59. The Labute approximate surface area is 186 Å². The number of fused-ring (bicyclic) bond motifs is 1. The Morgan fingerprint density at radius 3 is 2.61 bits per heavy atom. The molecule has 0 aromatic carbocycles. The van der Waals surface area contributed by atoms with E-state index in [0.29, 0.717) is 26.3 Å². The molecular weight excluding hydrogens is 412 g/mol.